The van der Waals surface area contributed by atoms with Gasteiger partial charge in [0.15, 0.2) is 0 Å². The lowest BCUT2D eigenvalue weighted by Crippen LogP contribution is -2.31. The van der Waals surface area contributed by atoms with E-state index < -0.39 is 0 Å². The Morgan fingerprint density at radius 3 is 2.33 bits per heavy atom. The predicted octanol–water partition coefficient (Wildman–Crippen LogP) is 4.37. The van der Waals surface area contributed by atoms with Crippen LogP contribution in [0.1, 0.15) is 71.1 Å². The van der Waals surface area contributed by atoms with E-state index in [4.69, 9.17) is 0 Å². The predicted molar refractivity (Wildman–Crippen MR) is 77.6 cm³/mol. The van der Waals surface area contributed by atoms with E-state index in [1.807, 2.05) is 0 Å². The van der Waals surface area contributed by atoms with Crippen molar-refractivity contribution in [3.8, 4) is 0 Å². The van der Waals surface area contributed by atoms with Crippen molar-refractivity contribution in [3.63, 3.8) is 0 Å². The van der Waals surface area contributed by atoms with Gasteiger partial charge in [0.05, 0.1) is 0 Å². The highest BCUT2D eigenvalue weighted by molar-refractivity contribution is 4.89. The SMILES string of the molecule is CCC1CCC(C2CCCC2CNC2CC2)CC1. The quantitative estimate of drug-likeness (QED) is 0.763. The maximum atomic E-state index is 3.79. The highest BCUT2D eigenvalue weighted by Gasteiger charge is 2.36. The van der Waals surface area contributed by atoms with Crippen molar-refractivity contribution in [2.24, 2.45) is 23.7 Å². The largest absolute Gasteiger partial charge is 0.314 e. The topological polar surface area (TPSA) is 12.0 Å². The van der Waals surface area contributed by atoms with Crippen molar-refractivity contribution < 1.29 is 0 Å². The van der Waals surface area contributed by atoms with Crippen LogP contribution in [0.4, 0.5) is 0 Å². The van der Waals surface area contributed by atoms with Crippen molar-refractivity contribution in [3.05, 3.63) is 0 Å². The highest BCUT2D eigenvalue weighted by atomic mass is 14.9. The fourth-order valence-electron chi connectivity index (χ4n) is 4.57. The van der Waals surface area contributed by atoms with Gasteiger partial charge in [0.1, 0.15) is 0 Å². The number of hydrogen-bond donors (Lipinski definition) is 1. The van der Waals surface area contributed by atoms with E-state index in [0.717, 1.165) is 29.7 Å². The molecule has 3 rings (SSSR count). The molecule has 3 aliphatic rings. The first-order chi connectivity index (χ1) is 8.86. The van der Waals surface area contributed by atoms with Crippen LogP contribution in [0.3, 0.4) is 0 Å². The number of hydrogen-bond acceptors (Lipinski definition) is 1. The molecule has 18 heavy (non-hydrogen) atoms. The van der Waals surface area contributed by atoms with Gasteiger partial charge in [-0.25, -0.2) is 0 Å². The summed E-state index contributed by atoms with van der Waals surface area (Å²) in [7, 11) is 0. The average molecular weight is 249 g/mol. The van der Waals surface area contributed by atoms with Gasteiger partial charge < -0.3 is 5.32 Å². The van der Waals surface area contributed by atoms with Crippen LogP contribution in [-0.4, -0.2) is 12.6 Å². The second kappa shape index (κ2) is 5.94. The Morgan fingerprint density at radius 1 is 0.889 bits per heavy atom. The summed E-state index contributed by atoms with van der Waals surface area (Å²) >= 11 is 0. The molecule has 0 radical (unpaired) electrons. The average Bonchev–Trinajstić information content (AvgIpc) is 3.14. The molecule has 0 spiro atoms. The third kappa shape index (κ3) is 3.10. The Morgan fingerprint density at radius 2 is 1.67 bits per heavy atom. The van der Waals surface area contributed by atoms with Crippen molar-refractivity contribution >= 4 is 0 Å². The Hall–Kier alpha value is -0.0400. The normalized spacial score (nSPS) is 41.2. The van der Waals surface area contributed by atoms with E-state index in [1.54, 1.807) is 19.3 Å². The molecule has 3 aliphatic carbocycles. The molecule has 1 nitrogen and oxygen atoms in total. The zero-order valence-corrected chi connectivity index (χ0v) is 12.2. The van der Waals surface area contributed by atoms with Crippen LogP contribution in [-0.2, 0) is 0 Å². The highest BCUT2D eigenvalue weighted by Crippen LogP contribution is 2.44. The minimum Gasteiger partial charge on any atom is -0.314 e. The molecule has 0 aromatic heterocycles. The van der Waals surface area contributed by atoms with E-state index in [-0.39, 0.29) is 0 Å². The third-order valence-corrected chi connectivity index (χ3v) is 6.04. The molecular formula is C17H31N. The summed E-state index contributed by atoms with van der Waals surface area (Å²) < 4.78 is 0. The molecule has 3 saturated carbocycles. The summed E-state index contributed by atoms with van der Waals surface area (Å²) in [6.07, 6.45) is 15.0. The van der Waals surface area contributed by atoms with Crippen LogP contribution >= 0.6 is 0 Å². The summed E-state index contributed by atoms with van der Waals surface area (Å²) in [4.78, 5) is 0. The summed E-state index contributed by atoms with van der Waals surface area (Å²) in [6.45, 7) is 3.71. The van der Waals surface area contributed by atoms with Gasteiger partial charge in [-0.15, -0.1) is 0 Å². The molecule has 3 fully saturated rings. The van der Waals surface area contributed by atoms with Gasteiger partial charge in [0.2, 0.25) is 0 Å². The first-order valence-corrected chi connectivity index (χ1v) is 8.60. The first-order valence-electron chi connectivity index (χ1n) is 8.60. The minimum atomic E-state index is 0.905. The van der Waals surface area contributed by atoms with Crippen LogP contribution in [0.2, 0.25) is 0 Å². The van der Waals surface area contributed by atoms with E-state index in [0.29, 0.717) is 0 Å². The molecule has 0 amide bonds. The molecule has 0 aromatic carbocycles. The molecule has 2 atom stereocenters. The maximum Gasteiger partial charge on any atom is 0.00683 e. The standard InChI is InChI=1S/C17H31N/c1-2-13-6-8-14(9-7-13)17-5-3-4-15(17)12-18-16-10-11-16/h13-18H,2-12H2,1H3. The van der Waals surface area contributed by atoms with Gasteiger partial charge in [-0.1, -0.05) is 32.6 Å². The zero-order valence-electron chi connectivity index (χ0n) is 12.2. The fraction of sp³-hybridized carbons (Fsp3) is 1.00. The van der Waals surface area contributed by atoms with Crippen molar-refractivity contribution in [2.75, 3.05) is 6.54 Å². The molecular weight excluding hydrogens is 218 g/mol. The van der Waals surface area contributed by atoms with Gasteiger partial charge in [0, 0.05) is 6.04 Å². The lowest BCUT2D eigenvalue weighted by Gasteiger charge is -2.35. The van der Waals surface area contributed by atoms with Gasteiger partial charge >= 0.3 is 0 Å². The number of nitrogens with one attached hydrogen (secondary N) is 1. The van der Waals surface area contributed by atoms with Crippen LogP contribution in [0.25, 0.3) is 0 Å². The number of rotatable bonds is 5. The van der Waals surface area contributed by atoms with Gasteiger partial charge in [-0.2, -0.15) is 0 Å². The van der Waals surface area contributed by atoms with E-state index in [9.17, 15) is 0 Å². The first kappa shape index (κ1) is 13.0. The monoisotopic (exact) mass is 249 g/mol. The fourth-order valence-corrected chi connectivity index (χ4v) is 4.57. The lowest BCUT2D eigenvalue weighted by molar-refractivity contribution is 0.167. The molecule has 1 N–H and O–H groups in total. The van der Waals surface area contributed by atoms with Crippen LogP contribution in [0.5, 0.6) is 0 Å². The Labute approximate surface area is 113 Å². The van der Waals surface area contributed by atoms with E-state index in [2.05, 4.69) is 12.2 Å². The third-order valence-electron chi connectivity index (χ3n) is 6.04. The Kier molecular flexibility index (Phi) is 4.28. The summed E-state index contributed by atoms with van der Waals surface area (Å²) in [5.74, 6) is 4.25. The van der Waals surface area contributed by atoms with Crippen LogP contribution in [0.15, 0.2) is 0 Å². The summed E-state index contributed by atoms with van der Waals surface area (Å²) in [6, 6.07) is 0.905. The van der Waals surface area contributed by atoms with Crippen LogP contribution in [0, 0.1) is 23.7 Å². The molecule has 2 unspecified atom stereocenters. The molecule has 0 aromatic rings. The molecule has 1 heteroatoms. The molecule has 104 valence electrons. The van der Waals surface area contributed by atoms with E-state index in [1.165, 1.54) is 51.5 Å². The van der Waals surface area contributed by atoms with Gasteiger partial charge in [-0.3, -0.25) is 0 Å². The molecule has 0 aliphatic heterocycles. The Balaban J connectivity index is 1.47. The van der Waals surface area contributed by atoms with Crippen molar-refractivity contribution in [2.45, 2.75) is 77.2 Å². The summed E-state index contributed by atoms with van der Waals surface area (Å²) in [5.41, 5.74) is 0. The molecule has 0 saturated heterocycles. The zero-order chi connectivity index (χ0) is 12.4. The Bertz CT molecular complexity index is 250. The molecule has 0 bridgehead atoms. The van der Waals surface area contributed by atoms with Gasteiger partial charge in [0.25, 0.3) is 0 Å². The lowest BCUT2D eigenvalue weighted by atomic mass is 9.72. The second-order valence-corrected chi connectivity index (χ2v) is 7.23. The maximum absolute atomic E-state index is 3.79. The smallest absolute Gasteiger partial charge is 0.00683 e. The van der Waals surface area contributed by atoms with Gasteiger partial charge in [-0.05, 0) is 68.7 Å². The van der Waals surface area contributed by atoms with Crippen molar-refractivity contribution in [1.82, 2.24) is 5.32 Å². The van der Waals surface area contributed by atoms with Crippen LogP contribution < -0.4 is 5.32 Å². The second-order valence-electron chi connectivity index (χ2n) is 7.23. The van der Waals surface area contributed by atoms with Crippen molar-refractivity contribution in [1.29, 1.82) is 0 Å². The minimum absolute atomic E-state index is 0.905. The summed E-state index contributed by atoms with van der Waals surface area (Å²) in [5, 5.41) is 3.79. The van der Waals surface area contributed by atoms with E-state index >= 15 is 0 Å². The molecule has 0 heterocycles.